The summed E-state index contributed by atoms with van der Waals surface area (Å²) in [5.41, 5.74) is 5.59. The SMILES string of the molecule is CC(C)Cc1ccc(C(C)C2=NCCON2)cc1. The zero-order chi connectivity index (χ0) is 13.0. The van der Waals surface area contributed by atoms with E-state index in [-0.39, 0.29) is 5.92 Å². The predicted octanol–water partition coefficient (Wildman–Crippen LogP) is 2.92. The molecule has 2 rings (SSSR count). The predicted molar refractivity (Wildman–Crippen MR) is 74.8 cm³/mol. The van der Waals surface area contributed by atoms with Gasteiger partial charge in [0.25, 0.3) is 0 Å². The number of nitrogens with zero attached hydrogens (tertiary/aromatic N) is 1. The molecule has 0 radical (unpaired) electrons. The summed E-state index contributed by atoms with van der Waals surface area (Å²) in [5, 5.41) is 0. The third-order valence-electron chi connectivity index (χ3n) is 3.19. The van der Waals surface area contributed by atoms with Gasteiger partial charge in [-0.25, -0.2) is 0 Å². The topological polar surface area (TPSA) is 33.6 Å². The van der Waals surface area contributed by atoms with Crippen molar-refractivity contribution in [2.75, 3.05) is 13.2 Å². The van der Waals surface area contributed by atoms with Gasteiger partial charge in [0.2, 0.25) is 0 Å². The van der Waals surface area contributed by atoms with Crippen molar-refractivity contribution in [3.05, 3.63) is 35.4 Å². The van der Waals surface area contributed by atoms with Gasteiger partial charge in [-0.1, -0.05) is 45.0 Å². The summed E-state index contributed by atoms with van der Waals surface area (Å²) < 4.78 is 0. The Kier molecular flexibility index (Phi) is 4.37. The van der Waals surface area contributed by atoms with Gasteiger partial charge >= 0.3 is 0 Å². The van der Waals surface area contributed by atoms with Crippen molar-refractivity contribution in [1.29, 1.82) is 0 Å². The van der Waals surface area contributed by atoms with Crippen LogP contribution in [0.25, 0.3) is 0 Å². The van der Waals surface area contributed by atoms with Crippen LogP contribution in [0.2, 0.25) is 0 Å². The Morgan fingerprint density at radius 3 is 2.50 bits per heavy atom. The van der Waals surface area contributed by atoms with Crippen molar-refractivity contribution in [3.63, 3.8) is 0 Å². The Morgan fingerprint density at radius 1 is 1.22 bits per heavy atom. The van der Waals surface area contributed by atoms with Crippen molar-refractivity contribution < 1.29 is 4.84 Å². The molecule has 1 heterocycles. The highest BCUT2D eigenvalue weighted by Gasteiger charge is 2.15. The van der Waals surface area contributed by atoms with Crippen LogP contribution in [0.3, 0.4) is 0 Å². The third kappa shape index (κ3) is 3.33. The lowest BCUT2D eigenvalue weighted by Crippen LogP contribution is -2.33. The Balaban J connectivity index is 2.06. The molecule has 3 heteroatoms. The number of hydrogen-bond acceptors (Lipinski definition) is 3. The number of amidine groups is 1. The molecule has 0 fully saturated rings. The molecule has 0 bridgehead atoms. The van der Waals surface area contributed by atoms with Gasteiger partial charge in [-0.2, -0.15) is 0 Å². The van der Waals surface area contributed by atoms with Gasteiger partial charge in [-0.05, 0) is 23.5 Å². The summed E-state index contributed by atoms with van der Waals surface area (Å²) in [5.74, 6) is 1.89. The van der Waals surface area contributed by atoms with Gasteiger partial charge < -0.3 is 0 Å². The van der Waals surface area contributed by atoms with Crippen molar-refractivity contribution >= 4 is 5.84 Å². The van der Waals surface area contributed by atoms with Crippen molar-refractivity contribution in [2.45, 2.75) is 33.1 Å². The average molecular weight is 246 g/mol. The molecule has 1 aliphatic rings. The van der Waals surface area contributed by atoms with E-state index in [9.17, 15) is 0 Å². The molecule has 1 atom stereocenters. The number of benzene rings is 1. The van der Waals surface area contributed by atoms with Gasteiger partial charge in [-0.15, -0.1) is 0 Å². The van der Waals surface area contributed by atoms with E-state index < -0.39 is 0 Å². The maximum absolute atomic E-state index is 5.22. The van der Waals surface area contributed by atoms with Crippen LogP contribution in [0.1, 0.15) is 37.8 Å². The first-order valence-corrected chi connectivity index (χ1v) is 6.68. The molecule has 98 valence electrons. The molecular formula is C15H22N2O. The Morgan fingerprint density at radius 2 is 1.94 bits per heavy atom. The molecule has 1 aromatic carbocycles. The summed E-state index contributed by atoms with van der Waals surface area (Å²) >= 11 is 0. The zero-order valence-corrected chi connectivity index (χ0v) is 11.4. The van der Waals surface area contributed by atoms with E-state index in [1.807, 2.05) is 0 Å². The van der Waals surface area contributed by atoms with E-state index in [2.05, 4.69) is 55.5 Å². The lowest BCUT2D eigenvalue weighted by molar-refractivity contribution is 0.0796. The van der Waals surface area contributed by atoms with Crippen LogP contribution in [-0.2, 0) is 11.3 Å². The fourth-order valence-electron chi connectivity index (χ4n) is 2.17. The number of hydrogen-bond donors (Lipinski definition) is 1. The van der Waals surface area contributed by atoms with Crippen molar-refractivity contribution in [3.8, 4) is 0 Å². The molecule has 0 spiro atoms. The molecule has 1 unspecified atom stereocenters. The van der Waals surface area contributed by atoms with Crippen LogP contribution in [0, 0.1) is 5.92 Å². The first kappa shape index (κ1) is 13.1. The van der Waals surface area contributed by atoms with E-state index in [0.29, 0.717) is 12.5 Å². The highest BCUT2D eigenvalue weighted by atomic mass is 16.6. The van der Waals surface area contributed by atoms with Crippen LogP contribution < -0.4 is 5.48 Å². The second-order valence-electron chi connectivity index (χ2n) is 5.28. The second kappa shape index (κ2) is 6.01. The summed E-state index contributed by atoms with van der Waals surface area (Å²) in [6.07, 6.45) is 1.14. The van der Waals surface area contributed by atoms with E-state index >= 15 is 0 Å². The highest BCUT2D eigenvalue weighted by molar-refractivity contribution is 5.88. The monoisotopic (exact) mass is 246 g/mol. The summed E-state index contributed by atoms with van der Waals surface area (Å²) in [4.78, 5) is 9.68. The van der Waals surface area contributed by atoms with Gasteiger partial charge in [0.15, 0.2) is 0 Å². The quantitative estimate of drug-likeness (QED) is 0.886. The number of hydroxylamine groups is 1. The summed E-state index contributed by atoms with van der Waals surface area (Å²) in [6.45, 7) is 8.04. The van der Waals surface area contributed by atoms with Gasteiger partial charge in [0.05, 0.1) is 13.2 Å². The smallest absolute Gasteiger partial charge is 0.128 e. The fraction of sp³-hybridized carbons (Fsp3) is 0.533. The lowest BCUT2D eigenvalue weighted by atomic mass is 9.96. The fourth-order valence-corrected chi connectivity index (χ4v) is 2.17. The normalized spacial score (nSPS) is 17.2. The molecule has 0 saturated heterocycles. The maximum Gasteiger partial charge on any atom is 0.128 e. The Bertz CT molecular complexity index is 409. The van der Waals surface area contributed by atoms with E-state index in [0.717, 1.165) is 18.8 Å². The number of nitrogens with one attached hydrogen (secondary N) is 1. The lowest BCUT2D eigenvalue weighted by Gasteiger charge is -2.20. The van der Waals surface area contributed by atoms with E-state index in [4.69, 9.17) is 4.84 Å². The summed E-state index contributed by atoms with van der Waals surface area (Å²) in [7, 11) is 0. The van der Waals surface area contributed by atoms with Crippen molar-refractivity contribution in [2.24, 2.45) is 10.9 Å². The van der Waals surface area contributed by atoms with Crippen LogP contribution in [0.5, 0.6) is 0 Å². The average Bonchev–Trinajstić information content (AvgIpc) is 2.39. The minimum Gasteiger partial charge on any atom is -0.273 e. The number of aliphatic imine (C=N–C) groups is 1. The van der Waals surface area contributed by atoms with Crippen LogP contribution in [0.15, 0.2) is 29.3 Å². The van der Waals surface area contributed by atoms with E-state index in [1.54, 1.807) is 0 Å². The van der Waals surface area contributed by atoms with Crippen molar-refractivity contribution in [1.82, 2.24) is 5.48 Å². The minimum absolute atomic E-state index is 0.262. The molecule has 1 aliphatic heterocycles. The highest BCUT2D eigenvalue weighted by Crippen LogP contribution is 2.19. The molecular weight excluding hydrogens is 224 g/mol. The van der Waals surface area contributed by atoms with Crippen LogP contribution in [0.4, 0.5) is 0 Å². The second-order valence-corrected chi connectivity index (χ2v) is 5.28. The van der Waals surface area contributed by atoms with Gasteiger partial charge in [-0.3, -0.25) is 15.3 Å². The Labute approximate surface area is 109 Å². The van der Waals surface area contributed by atoms with E-state index in [1.165, 1.54) is 11.1 Å². The van der Waals surface area contributed by atoms with Crippen LogP contribution in [-0.4, -0.2) is 19.0 Å². The van der Waals surface area contributed by atoms with Gasteiger partial charge in [0.1, 0.15) is 5.84 Å². The molecule has 0 saturated carbocycles. The standard InChI is InChI=1S/C15H22N2O/c1-11(2)10-13-4-6-14(7-5-13)12(3)15-16-8-9-18-17-15/h4-7,11-12H,8-10H2,1-3H3,(H,16,17). The molecule has 3 nitrogen and oxygen atoms in total. The molecule has 0 aromatic heterocycles. The van der Waals surface area contributed by atoms with Crippen LogP contribution >= 0.6 is 0 Å². The minimum atomic E-state index is 0.262. The van der Waals surface area contributed by atoms with Gasteiger partial charge in [0, 0.05) is 5.92 Å². The first-order valence-electron chi connectivity index (χ1n) is 6.68. The molecule has 1 aromatic rings. The molecule has 18 heavy (non-hydrogen) atoms. The molecule has 0 amide bonds. The molecule has 0 aliphatic carbocycles. The first-order chi connectivity index (χ1) is 8.66. The summed E-state index contributed by atoms with van der Waals surface area (Å²) in [6, 6.07) is 8.83. The zero-order valence-electron chi connectivity index (χ0n) is 11.4. The number of rotatable bonds is 4. The third-order valence-corrected chi connectivity index (χ3v) is 3.19. The molecule has 1 N–H and O–H groups in total. The maximum atomic E-state index is 5.22. The Hall–Kier alpha value is -1.35. The largest absolute Gasteiger partial charge is 0.273 e.